The molecule has 3 heteroatoms. The number of thiol groups is 1. The van der Waals surface area contributed by atoms with Gasteiger partial charge >= 0.3 is 0 Å². The van der Waals surface area contributed by atoms with Crippen molar-refractivity contribution in [1.82, 2.24) is 0 Å². The average Bonchev–Trinajstić information content (AvgIpc) is 2.21. The summed E-state index contributed by atoms with van der Waals surface area (Å²) in [6.45, 7) is 1.31. The van der Waals surface area contributed by atoms with Crippen LogP contribution in [-0.4, -0.2) is 12.4 Å². The molecule has 0 fully saturated rings. The van der Waals surface area contributed by atoms with E-state index in [2.05, 4.69) is 28.6 Å². The van der Waals surface area contributed by atoms with Crippen LogP contribution in [0, 0.1) is 0 Å². The van der Waals surface area contributed by atoms with E-state index in [9.17, 15) is 0 Å². The van der Waals surface area contributed by atoms with E-state index >= 15 is 0 Å². The Morgan fingerprint density at radius 3 is 2.57 bits per heavy atom. The molecule has 0 amide bonds. The Bertz CT molecular complexity index is 282. The fourth-order valence-corrected chi connectivity index (χ4v) is 1.38. The zero-order valence-corrected chi connectivity index (χ0v) is 10.3. The van der Waals surface area contributed by atoms with Crippen LogP contribution in [0.4, 0.5) is 0 Å². The molecule has 14 heavy (non-hydrogen) atoms. The number of benzene rings is 1. The molecule has 1 aromatic rings. The number of rotatable bonds is 5. The third kappa shape index (κ3) is 4.84. The molecule has 0 radical (unpaired) electrons. The minimum atomic E-state index is 0.649. The molecule has 0 spiro atoms. The molecule has 0 unspecified atom stereocenters. The normalized spacial score (nSPS) is 11.0. The third-order valence-corrected chi connectivity index (χ3v) is 2.41. The van der Waals surface area contributed by atoms with Crippen molar-refractivity contribution in [2.45, 2.75) is 6.61 Å². The summed E-state index contributed by atoms with van der Waals surface area (Å²) in [5.74, 6) is 0.766. The maximum atomic E-state index is 5.43. The first-order valence-electron chi connectivity index (χ1n) is 4.41. The quantitative estimate of drug-likeness (QED) is 0.491. The Labute approximate surface area is 98.7 Å². The molecule has 0 bridgehead atoms. The van der Waals surface area contributed by atoms with E-state index in [1.54, 1.807) is 0 Å². The second-order valence-electron chi connectivity index (χ2n) is 2.80. The minimum Gasteiger partial charge on any atom is -0.373 e. The lowest BCUT2D eigenvalue weighted by Crippen LogP contribution is -1.92. The summed E-state index contributed by atoms with van der Waals surface area (Å²) >= 11 is 7.44. The van der Waals surface area contributed by atoms with Gasteiger partial charge < -0.3 is 4.74 Å². The van der Waals surface area contributed by atoms with Crippen molar-refractivity contribution in [1.29, 1.82) is 0 Å². The van der Waals surface area contributed by atoms with Crippen LogP contribution in [0.3, 0.4) is 0 Å². The van der Waals surface area contributed by atoms with Gasteiger partial charge in [0, 0.05) is 10.2 Å². The largest absolute Gasteiger partial charge is 0.373 e. The standard InChI is InChI=1S/C11H13BrOS/c12-11-5-3-10(4-6-11)9-13-7-1-2-8-14/h1-6,14H,7-9H2/b2-1+. The van der Waals surface area contributed by atoms with Crippen molar-refractivity contribution in [3.63, 3.8) is 0 Å². The van der Waals surface area contributed by atoms with Crippen LogP contribution in [-0.2, 0) is 11.3 Å². The summed E-state index contributed by atoms with van der Waals surface area (Å²) in [4.78, 5) is 0. The van der Waals surface area contributed by atoms with E-state index in [0.717, 1.165) is 10.2 Å². The van der Waals surface area contributed by atoms with Crippen molar-refractivity contribution in [3.05, 3.63) is 46.5 Å². The second kappa shape index (κ2) is 7.10. The minimum absolute atomic E-state index is 0.649. The van der Waals surface area contributed by atoms with Crippen LogP contribution < -0.4 is 0 Å². The van der Waals surface area contributed by atoms with Gasteiger partial charge in [0.15, 0.2) is 0 Å². The highest BCUT2D eigenvalue weighted by Crippen LogP contribution is 2.10. The fourth-order valence-electron chi connectivity index (χ4n) is 0.968. The summed E-state index contributed by atoms with van der Waals surface area (Å²) in [6, 6.07) is 8.13. The van der Waals surface area contributed by atoms with Gasteiger partial charge in [0.1, 0.15) is 0 Å². The lowest BCUT2D eigenvalue weighted by molar-refractivity contribution is 0.148. The lowest BCUT2D eigenvalue weighted by Gasteiger charge is -2.01. The second-order valence-corrected chi connectivity index (χ2v) is 4.08. The van der Waals surface area contributed by atoms with E-state index in [4.69, 9.17) is 4.74 Å². The van der Waals surface area contributed by atoms with Crippen LogP contribution in [0.1, 0.15) is 5.56 Å². The van der Waals surface area contributed by atoms with Crippen LogP contribution in [0.2, 0.25) is 0 Å². The Hall–Kier alpha value is -0.250. The van der Waals surface area contributed by atoms with Crippen LogP contribution in [0.25, 0.3) is 0 Å². The molecule has 1 rings (SSSR count). The van der Waals surface area contributed by atoms with Crippen molar-refractivity contribution in [2.24, 2.45) is 0 Å². The first-order valence-corrected chi connectivity index (χ1v) is 5.83. The Morgan fingerprint density at radius 2 is 1.93 bits per heavy atom. The summed E-state index contributed by atoms with van der Waals surface area (Å²) in [5, 5.41) is 0. The summed E-state index contributed by atoms with van der Waals surface area (Å²) in [5.41, 5.74) is 1.19. The summed E-state index contributed by atoms with van der Waals surface area (Å²) in [6.07, 6.45) is 3.95. The molecule has 0 aromatic heterocycles. The van der Waals surface area contributed by atoms with Crippen LogP contribution >= 0.6 is 28.6 Å². The van der Waals surface area contributed by atoms with Gasteiger partial charge in [-0.05, 0) is 17.7 Å². The topological polar surface area (TPSA) is 9.23 Å². The van der Waals surface area contributed by atoms with Crippen molar-refractivity contribution >= 4 is 28.6 Å². The van der Waals surface area contributed by atoms with Gasteiger partial charge in [-0.1, -0.05) is 40.2 Å². The molecular formula is C11H13BrOS. The van der Waals surface area contributed by atoms with Gasteiger partial charge in [-0.25, -0.2) is 0 Å². The molecule has 0 aliphatic heterocycles. The van der Waals surface area contributed by atoms with Crippen LogP contribution in [0.15, 0.2) is 40.9 Å². The van der Waals surface area contributed by atoms with Gasteiger partial charge in [0.2, 0.25) is 0 Å². The van der Waals surface area contributed by atoms with Gasteiger partial charge in [-0.15, -0.1) is 0 Å². The van der Waals surface area contributed by atoms with Gasteiger partial charge in [0.25, 0.3) is 0 Å². The Balaban J connectivity index is 2.25. The zero-order valence-electron chi connectivity index (χ0n) is 7.82. The maximum absolute atomic E-state index is 5.43. The highest BCUT2D eigenvalue weighted by Gasteiger charge is 1.91. The molecule has 0 aliphatic carbocycles. The van der Waals surface area contributed by atoms with E-state index in [-0.39, 0.29) is 0 Å². The van der Waals surface area contributed by atoms with E-state index in [1.807, 2.05) is 36.4 Å². The number of halogens is 1. The fraction of sp³-hybridized carbons (Fsp3) is 0.273. The molecule has 1 aromatic carbocycles. The Kier molecular flexibility index (Phi) is 5.99. The monoisotopic (exact) mass is 272 g/mol. The number of ether oxygens (including phenoxy) is 1. The molecule has 0 saturated carbocycles. The SMILES string of the molecule is SC/C=C/COCc1ccc(Br)cc1. The molecule has 0 saturated heterocycles. The lowest BCUT2D eigenvalue weighted by atomic mass is 10.2. The molecule has 0 atom stereocenters. The van der Waals surface area contributed by atoms with Crippen molar-refractivity contribution in [2.75, 3.05) is 12.4 Å². The molecule has 0 N–H and O–H groups in total. The predicted molar refractivity (Wildman–Crippen MR) is 66.8 cm³/mol. The molecule has 0 heterocycles. The maximum Gasteiger partial charge on any atom is 0.0721 e. The first-order chi connectivity index (χ1) is 6.83. The zero-order chi connectivity index (χ0) is 10.2. The number of hydrogen-bond acceptors (Lipinski definition) is 2. The molecule has 1 nitrogen and oxygen atoms in total. The molecular weight excluding hydrogens is 260 g/mol. The predicted octanol–water partition coefficient (Wildman–Crippen LogP) is 3.45. The Morgan fingerprint density at radius 1 is 1.21 bits per heavy atom. The van der Waals surface area contributed by atoms with E-state index in [0.29, 0.717) is 13.2 Å². The molecule has 76 valence electrons. The van der Waals surface area contributed by atoms with Gasteiger partial charge in [-0.2, -0.15) is 12.6 Å². The van der Waals surface area contributed by atoms with E-state index in [1.165, 1.54) is 5.56 Å². The van der Waals surface area contributed by atoms with Gasteiger partial charge in [-0.3, -0.25) is 0 Å². The van der Waals surface area contributed by atoms with Crippen LogP contribution in [0.5, 0.6) is 0 Å². The average molecular weight is 273 g/mol. The third-order valence-electron chi connectivity index (χ3n) is 1.67. The van der Waals surface area contributed by atoms with E-state index < -0.39 is 0 Å². The molecule has 0 aliphatic rings. The number of hydrogen-bond donors (Lipinski definition) is 1. The van der Waals surface area contributed by atoms with Gasteiger partial charge in [0.05, 0.1) is 13.2 Å². The highest BCUT2D eigenvalue weighted by molar-refractivity contribution is 9.10. The smallest absolute Gasteiger partial charge is 0.0721 e. The van der Waals surface area contributed by atoms with Crippen molar-refractivity contribution < 1.29 is 4.74 Å². The van der Waals surface area contributed by atoms with Crippen molar-refractivity contribution in [3.8, 4) is 0 Å². The highest BCUT2D eigenvalue weighted by atomic mass is 79.9. The first kappa shape index (κ1) is 11.8. The summed E-state index contributed by atoms with van der Waals surface area (Å²) in [7, 11) is 0. The summed E-state index contributed by atoms with van der Waals surface area (Å²) < 4.78 is 6.52.